The molecule has 1 amide bonds. The van der Waals surface area contributed by atoms with Gasteiger partial charge in [-0.3, -0.25) is 9.69 Å². The van der Waals surface area contributed by atoms with Crippen molar-refractivity contribution >= 4 is 34.2 Å². The van der Waals surface area contributed by atoms with E-state index in [9.17, 15) is 4.79 Å². The maximum absolute atomic E-state index is 13.0. The summed E-state index contributed by atoms with van der Waals surface area (Å²) in [6.07, 6.45) is 1.51. The van der Waals surface area contributed by atoms with Crippen molar-refractivity contribution < 1.29 is 9.53 Å². The predicted octanol–water partition coefficient (Wildman–Crippen LogP) is 5.14. The summed E-state index contributed by atoms with van der Waals surface area (Å²) < 4.78 is 6.24. The van der Waals surface area contributed by atoms with Gasteiger partial charge in [0.15, 0.2) is 0 Å². The number of thiocarbonyl (C=S) groups is 1. The average Bonchev–Trinajstić information content (AvgIpc) is 2.95. The van der Waals surface area contributed by atoms with Crippen molar-refractivity contribution in [3.63, 3.8) is 0 Å². The van der Waals surface area contributed by atoms with Gasteiger partial charge in [0.2, 0.25) is 5.91 Å². The molecule has 0 bridgehead atoms. The summed E-state index contributed by atoms with van der Waals surface area (Å²) in [4.78, 5) is 14.8. The van der Waals surface area contributed by atoms with Crippen molar-refractivity contribution in [3.8, 4) is 5.75 Å². The Balaban J connectivity index is 1.72. The lowest BCUT2D eigenvalue weighted by atomic mass is 9.94. The van der Waals surface area contributed by atoms with Crippen LogP contribution in [0, 0.1) is 6.92 Å². The van der Waals surface area contributed by atoms with E-state index in [-0.39, 0.29) is 11.2 Å². The molecule has 3 nitrogen and oxygen atoms in total. The molecule has 0 N–H and O–H groups in total. The SMILES string of the molecule is COc1cc(C)c(C[C@@H]2SC(=S)N(CCc3ccccc3)C2=O)cc1C(C)C. The molecule has 2 aromatic rings. The maximum atomic E-state index is 13.0. The fraction of sp³-hybridized carbons (Fsp3) is 0.391. The second-order valence-electron chi connectivity index (χ2n) is 7.48. The number of methoxy groups -OCH3 is 1. The summed E-state index contributed by atoms with van der Waals surface area (Å²) in [5.74, 6) is 1.42. The lowest BCUT2D eigenvalue weighted by Crippen LogP contribution is -2.33. The number of ether oxygens (including phenoxy) is 1. The van der Waals surface area contributed by atoms with E-state index in [0.29, 0.717) is 23.2 Å². The highest BCUT2D eigenvalue weighted by Gasteiger charge is 2.36. The van der Waals surface area contributed by atoms with E-state index in [0.717, 1.165) is 17.7 Å². The van der Waals surface area contributed by atoms with Gasteiger partial charge in [-0.1, -0.05) is 74.2 Å². The van der Waals surface area contributed by atoms with Crippen molar-refractivity contribution in [1.29, 1.82) is 0 Å². The number of aryl methyl sites for hydroxylation is 1. The quantitative estimate of drug-likeness (QED) is 0.588. The number of amides is 1. The van der Waals surface area contributed by atoms with Crippen molar-refractivity contribution in [2.45, 2.75) is 44.8 Å². The standard InChI is InChI=1S/C23H27NO2S2/c1-15(2)19-13-18(16(3)12-20(19)26-4)14-21-22(25)24(23(27)28-21)11-10-17-8-6-5-7-9-17/h5-9,12-13,15,21H,10-11,14H2,1-4H3/t21-/m0/s1. The van der Waals surface area contributed by atoms with Crippen LogP contribution in [0.5, 0.6) is 5.75 Å². The zero-order valence-corrected chi connectivity index (χ0v) is 18.5. The summed E-state index contributed by atoms with van der Waals surface area (Å²) in [7, 11) is 1.71. The lowest BCUT2D eigenvalue weighted by Gasteiger charge is -2.18. The van der Waals surface area contributed by atoms with E-state index in [1.807, 2.05) is 18.2 Å². The van der Waals surface area contributed by atoms with E-state index in [4.69, 9.17) is 17.0 Å². The summed E-state index contributed by atoms with van der Waals surface area (Å²) in [5, 5.41) is -0.143. The minimum absolute atomic E-state index is 0.132. The predicted molar refractivity (Wildman–Crippen MR) is 121 cm³/mol. The molecule has 0 unspecified atom stereocenters. The molecule has 1 fully saturated rings. The number of hydrogen-bond acceptors (Lipinski definition) is 4. The van der Waals surface area contributed by atoms with Crippen molar-refractivity contribution in [2.24, 2.45) is 0 Å². The number of hydrogen-bond donors (Lipinski definition) is 0. The highest BCUT2D eigenvalue weighted by molar-refractivity contribution is 8.24. The van der Waals surface area contributed by atoms with Crippen LogP contribution in [0.1, 0.15) is 42.0 Å². The third-order valence-corrected chi connectivity index (χ3v) is 6.77. The Morgan fingerprint density at radius 2 is 1.93 bits per heavy atom. The van der Waals surface area contributed by atoms with E-state index in [2.05, 4.69) is 45.0 Å². The minimum atomic E-state index is -0.143. The molecule has 28 heavy (non-hydrogen) atoms. The normalized spacial score (nSPS) is 16.9. The van der Waals surface area contributed by atoms with Crippen LogP contribution in [-0.2, 0) is 17.6 Å². The third kappa shape index (κ3) is 4.58. The van der Waals surface area contributed by atoms with E-state index >= 15 is 0 Å². The molecular formula is C23H27NO2S2. The molecule has 0 aromatic heterocycles. The van der Waals surface area contributed by atoms with Crippen LogP contribution >= 0.6 is 24.0 Å². The van der Waals surface area contributed by atoms with Crippen LogP contribution in [0.4, 0.5) is 0 Å². The van der Waals surface area contributed by atoms with Gasteiger partial charge in [-0.15, -0.1) is 0 Å². The molecule has 0 saturated carbocycles. The summed E-state index contributed by atoms with van der Waals surface area (Å²) in [5.41, 5.74) is 4.76. The van der Waals surface area contributed by atoms with Gasteiger partial charge >= 0.3 is 0 Å². The first kappa shape index (κ1) is 20.9. The van der Waals surface area contributed by atoms with Crippen LogP contribution in [0.15, 0.2) is 42.5 Å². The molecule has 1 saturated heterocycles. The minimum Gasteiger partial charge on any atom is -0.496 e. The smallest absolute Gasteiger partial charge is 0.241 e. The largest absolute Gasteiger partial charge is 0.496 e. The van der Waals surface area contributed by atoms with Crippen LogP contribution in [0.3, 0.4) is 0 Å². The summed E-state index contributed by atoms with van der Waals surface area (Å²) in [6, 6.07) is 14.5. The fourth-order valence-electron chi connectivity index (χ4n) is 3.51. The molecule has 1 aliphatic heterocycles. The Labute approximate surface area is 177 Å². The van der Waals surface area contributed by atoms with Crippen molar-refractivity contribution in [3.05, 3.63) is 64.7 Å². The molecular weight excluding hydrogens is 386 g/mol. The van der Waals surface area contributed by atoms with E-state index < -0.39 is 0 Å². The molecule has 3 rings (SSSR count). The van der Waals surface area contributed by atoms with Gasteiger partial charge in [0.05, 0.1) is 12.4 Å². The molecule has 0 spiro atoms. The monoisotopic (exact) mass is 413 g/mol. The maximum Gasteiger partial charge on any atom is 0.241 e. The second kappa shape index (κ2) is 9.10. The van der Waals surface area contributed by atoms with Gasteiger partial charge in [0.25, 0.3) is 0 Å². The Kier molecular flexibility index (Phi) is 6.78. The molecule has 0 radical (unpaired) electrons. The Bertz CT molecular complexity index is 864. The van der Waals surface area contributed by atoms with Crippen LogP contribution in [-0.4, -0.2) is 34.0 Å². The second-order valence-corrected chi connectivity index (χ2v) is 9.31. The number of carbonyl (C=O) groups is 1. The van der Waals surface area contributed by atoms with Gasteiger partial charge < -0.3 is 4.74 Å². The molecule has 148 valence electrons. The summed E-state index contributed by atoms with van der Waals surface area (Å²) >= 11 is 7.04. The van der Waals surface area contributed by atoms with Gasteiger partial charge in [-0.25, -0.2) is 0 Å². The topological polar surface area (TPSA) is 29.5 Å². The highest BCUT2D eigenvalue weighted by atomic mass is 32.2. The Morgan fingerprint density at radius 3 is 2.57 bits per heavy atom. The van der Waals surface area contributed by atoms with Crippen LogP contribution in [0.2, 0.25) is 0 Å². The van der Waals surface area contributed by atoms with Crippen LogP contribution in [0.25, 0.3) is 0 Å². The van der Waals surface area contributed by atoms with Gasteiger partial charge in [0, 0.05) is 6.54 Å². The average molecular weight is 414 g/mol. The van der Waals surface area contributed by atoms with Gasteiger partial charge in [0.1, 0.15) is 10.1 Å². The van der Waals surface area contributed by atoms with Crippen molar-refractivity contribution in [2.75, 3.05) is 13.7 Å². The zero-order valence-electron chi connectivity index (χ0n) is 16.9. The van der Waals surface area contributed by atoms with E-state index in [1.54, 1.807) is 12.0 Å². The molecule has 1 aliphatic rings. The number of nitrogens with zero attached hydrogens (tertiary/aromatic N) is 1. The van der Waals surface area contributed by atoms with Gasteiger partial charge in [-0.2, -0.15) is 0 Å². The zero-order chi connectivity index (χ0) is 20.3. The lowest BCUT2D eigenvalue weighted by molar-refractivity contribution is -0.126. The molecule has 2 aromatic carbocycles. The molecule has 5 heteroatoms. The third-order valence-electron chi connectivity index (χ3n) is 5.19. The number of carbonyl (C=O) groups excluding carboxylic acids is 1. The number of rotatable bonds is 7. The molecule has 1 heterocycles. The summed E-state index contributed by atoms with van der Waals surface area (Å²) in [6.45, 7) is 7.04. The highest BCUT2D eigenvalue weighted by Crippen LogP contribution is 2.34. The van der Waals surface area contributed by atoms with E-state index in [1.165, 1.54) is 28.5 Å². The Morgan fingerprint density at radius 1 is 1.21 bits per heavy atom. The number of thioether (sulfide) groups is 1. The number of benzene rings is 2. The first-order valence-corrected chi connectivity index (χ1v) is 10.9. The van der Waals surface area contributed by atoms with Crippen LogP contribution < -0.4 is 4.74 Å². The van der Waals surface area contributed by atoms with Gasteiger partial charge in [-0.05, 0) is 54.0 Å². The fourth-order valence-corrected chi connectivity index (χ4v) is 5.08. The molecule has 0 aliphatic carbocycles. The molecule has 1 atom stereocenters. The first-order chi connectivity index (χ1) is 13.4. The first-order valence-electron chi connectivity index (χ1n) is 9.64. The van der Waals surface area contributed by atoms with Crippen molar-refractivity contribution in [1.82, 2.24) is 4.90 Å². The Hall–Kier alpha value is -1.85.